The van der Waals surface area contributed by atoms with Crippen LogP contribution in [0.15, 0.2) is 36.4 Å². The van der Waals surface area contributed by atoms with Crippen molar-refractivity contribution in [1.82, 2.24) is 0 Å². The van der Waals surface area contributed by atoms with Crippen LogP contribution in [-0.2, 0) is 23.9 Å². The Morgan fingerprint density at radius 1 is 1.03 bits per heavy atom. The molecule has 1 rings (SSSR count). The molecule has 0 bridgehead atoms. The van der Waals surface area contributed by atoms with E-state index in [0.717, 1.165) is 5.56 Å². The SMILES string of the molecule is C=C(CC(=O)CO)C(=O)OCCCCOC(=O)/C=C/c1ccc(OC)c(OC)c1. The summed E-state index contributed by atoms with van der Waals surface area (Å²) in [6, 6.07) is 5.25. The van der Waals surface area contributed by atoms with Crippen molar-refractivity contribution in [3.05, 3.63) is 42.0 Å². The first-order valence-electron chi connectivity index (χ1n) is 8.95. The molecule has 0 spiro atoms. The molecular formula is C21H26O8. The summed E-state index contributed by atoms with van der Waals surface area (Å²) in [4.78, 5) is 34.3. The van der Waals surface area contributed by atoms with Crippen LogP contribution in [0.2, 0.25) is 0 Å². The maximum Gasteiger partial charge on any atom is 0.333 e. The molecule has 8 heteroatoms. The average molecular weight is 406 g/mol. The summed E-state index contributed by atoms with van der Waals surface area (Å²) in [5, 5.41) is 8.63. The molecule has 0 unspecified atom stereocenters. The predicted octanol–water partition coefficient (Wildman–Crippen LogP) is 2.09. The number of hydrogen-bond donors (Lipinski definition) is 1. The second kappa shape index (κ2) is 13.1. The molecule has 0 saturated heterocycles. The zero-order valence-corrected chi connectivity index (χ0v) is 16.6. The van der Waals surface area contributed by atoms with Crippen LogP contribution in [0.25, 0.3) is 6.08 Å². The molecule has 1 aromatic carbocycles. The van der Waals surface area contributed by atoms with Gasteiger partial charge < -0.3 is 24.1 Å². The van der Waals surface area contributed by atoms with Crippen LogP contribution in [0.3, 0.4) is 0 Å². The van der Waals surface area contributed by atoms with Gasteiger partial charge in [0.15, 0.2) is 17.3 Å². The van der Waals surface area contributed by atoms with Crippen LogP contribution < -0.4 is 9.47 Å². The highest BCUT2D eigenvalue weighted by atomic mass is 16.5. The summed E-state index contributed by atoms with van der Waals surface area (Å²) in [6.45, 7) is 3.10. The van der Waals surface area contributed by atoms with Gasteiger partial charge >= 0.3 is 11.9 Å². The first kappa shape index (κ1) is 23.9. The summed E-state index contributed by atoms with van der Waals surface area (Å²) in [5.41, 5.74) is 0.752. The van der Waals surface area contributed by atoms with Gasteiger partial charge in [-0.2, -0.15) is 0 Å². The lowest BCUT2D eigenvalue weighted by Crippen LogP contribution is -2.14. The third-order valence-electron chi connectivity index (χ3n) is 3.71. The van der Waals surface area contributed by atoms with Crippen LogP contribution in [0, 0.1) is 0 Å². The second-order valence-electron chi connectivity index (χ2n) is 5.94. The largest absolute Gasteiger partial charge is 0.493 e. The van der Waals surface area contributed by atoms with Gasteiger partial charge in [-0.1, -0.05) is 12.6 Å². The smallest absolute Gasteiger partial charge is 0.333 e. The summed E-state index contributed by atoms with van der Waals surface area (Å²) in [5.74, 6) is -0.521. The van der Waals surface area contributed by atoms with E-state index in [1.165, 1.54) is 13.2 Å². The number of Topliss-reactive ketones (excluding diaryl/α,β-unsaturated/α-hetero) is 1. The van der Waals surface area contributed by atoms with Crippen LogP contribution in [0.4, 0.5) is 0 Å². The Bertz CT molecular complexity index is 751. The van der Waals surface area contributed by atoms with Crippen LogP contribution >= 0.6 is 0 Å². The van der Waals surface area contributed by atoms with Gasteiger partial charge in [0.25, 0.3) is 0 Å². The quantitative estimate of drug-likeness (QED) is 0.301. The van der Waals surface area contributed by atoms with Crippen molar-refractivity contribution in [2.24, 2.45) is 0 Å². The number of rotatable bonds is 13. The highest BCUT2D eigenvalue weighted by Crippen LogP contribution is 2.27. The maximum atomic E-state index is 11.7. The minimum atomic E-state index is -0.679. The normalized spacial score (nSPS) is 10.4. The van der Waals surface area contributed by atoms with Crippen LogP contribution in [0.1, 0.15) is 24.8 Å². The molecule has 0 amide bonds. The molecule has 0 aromatic heterocycles. The number of benzene rings is 1. The van der Waals surface area contributed by atoms with Gasteiger partial charge in [0.1, 0.15) is 6.61 Å². The molecule has 1 N–H and O–H groups in total. The molecule has 8 nitrogen and oxygen atoms in total. The van der Waals surface area contributed by atoms with Gasteiger partial charge in [-0.3, -0.25) is 4.79 Å². The molecule has 0 radical (unpaired) electrons. The number of methoxy groups -OCH3 is 2. The fraction of sp³-hybridized carbons (Fsp3) is 0.381. The molecule has 0 aliphatic rings. The number of carbonyl (C=O) groups excluding carboxylic acids is 3. The molecule has 0 atom stereocenters. The van der Waals surface area contributed by atoms with E-state index < -0.39 is 24.3 Å². The van der Waals surface area contributed by atoms with Gasteiger partial charge in [-0.15, -0.1) is 0 Å². The lowest BCUT2D eigenvalue weighted by Gasteiger charge is -2.07. The van der Waals surface area contributed by atoms with Crippen molar-refractivity contribution in [2.45, 2.75) is 19.3 Å². The standard InChI is InChI=1S/C21H26O8/c1-15(12-17(23)14-22)21(25)29-11-5-4-10-28-20(24)9-7-16-6-8-18(26-2)19(13-16)27-3/h6-9,13,22H,1,4-5,10-12,14H2,2-3H3/b9-7+. The highest BCUT2D eigenvalue weighted by molar-refractivity contribution is 5.95. The maximum absolute atomic E-state index is 11.7. The number of hydrogen-bond acceptors (Lipinski definition) is 8. The summed E-state index contributed by atoms with van der Waals surface area (Å²) >= 11 is 0. The topological polar surface area (TPSA) is 108 Å². The zero-order chi connectivity index (χ0) is 21.6. The number of ether oxygens (including phenoxy) is 4. The van der Waals surface area contributed by atoms with E-state index in [2.05, 4.69) is 6.58 Å². The van der Waals surface area contributed by atoms with Gasteiger partial charge in [0, 0.05) is 18.1 Å². The van der Waals surface area contributed by atoms with E-state index in [4.69, 9.17) is 24.1 Å². The molecule has 29 heavy (non-hydrogen) atoms. The zero-order valence-electron chi connectivity index (χ0n) is 16.6. The Kier molecular flexibility index (Phi) is 10.8. The fourth-order valence-corrected chi connectivity index (χ4v) is 2.18. The number of aliphatic hydroxyl groups excluding tert-OH is 1. The van der Waals surface area contributed by atoms with Crippen LogP contribution in [0.5, 0.6) is 11.5 Å². The molecule has 1 aromatic rings. The number of ketones is 1. The first-order chi connectivity index (χ1) is 13.9. The van der Waals surface area contributed by atoms with Crippen molar-refractivity contribution in [3.8, 4) is 11.5 Å². The first-order valence-corrected chi connectivity index (χ1v) is 8.95. The van der Waals surface area contributed by atoms with Crippen molar-refractivity contribution in [3.63, 3.8) is 0 Å². The highest BCUT2D eigenvalue weighted by Gasteiger charge is 2.12. The third kappa shape index (κ3) is 9.07. The van der Waals surface area contributed by atoms with E-state index in [9.17, 15) is 14.4 Å². The van der Waals surface area contributed by atoms with Crippen molar-refractivity contribution in [2.75, 3.05) is 34.0 Å². The lowest BCUT2D eigenvalue weighted by atomic mass is 10.1. The van der Waals surface area contributed by atoms with E-state index in [0.29, 0.717) is 24.3 Å². The third-order valence-corrected chi connectivity index (χ3v) is 3.71. The minimum absolute atomic E-state index is 0.00391. The number of carbonyl (C=O) groups is 3. The number of esters is 2. The predicted molar refractivity (Wildman–Crippen MR) is 106 cm³/mol. The van der Waals surface area contributed by atoms with E-state index in [1.54, 1.807) is 31.4 Å². The molecule has 0 aliphatic heterocycles. The Morgan fingerprint density at radius 2 is 1.69 bits per heavy atom. The Morgan fingerprint density at radius 3 is 2.31 bits per heavy atom. The molecule has 158 valence electrons. The molecule has 0 fully saturated rings. The molecular weight excluding hydrogens is 380 g/mol. The molecule has 0 aliphatic carbocycles. The Balaban J connectivity index is 2.26. The lowest BCUT2D eigenvalue weighted by molar-refractivity contribution is -0.141. The van der Waals surface area contributed by atoms with Gasteiger partial charge in [-0.25, -0.2) is 9.59 Å². The van der Waals surface area contributed by atoms with Gasteiger partial charge in [0.2, 0.25) is 0 Å². The molecule has 0 saturated carbocycles. The fourth-order valence-electron chi connectivity index (χ4n) is 2.18. The van der Waals surface area contributed by atoms with E-state index >= 15 is 0 Å². The van der Waals surface area contributed by atoms with Crippen molar-refractivity contribution in [1.29, 1.82) is 0 Å². The minimum Gasteiger partial charge on any atom is -0.493 e. The summed E-state index contributed by atoms with van der Waals surface area (Å²) < 4.78 is 20.4. The molecule has 0 heterocycles. The summed E-state index contributed by atoms with van der Waals surface area (Å²) in [7, 11) is 3.07. The Hall–Kier alpha value is -3.13. The number of unbranched alkanes of at least 4 members (excludes halogenated alkanes) is 1. The van der Waals surface area contributed by atoms with Crippen LogP contribution in [-0.4, -0.2) is 56.9 Å². The van der Waals surface area contributed by atoms with Crippen molar-refractivity contribution >= 4 is 23.8 Å². The summed E-state index contributed by atoms with van der Waals surface area (Å²) in [6.07, 6.45) is 3.67. The van der Waals surface area contributed by atoms with Gasteiger partial charge in [-0.05, 0) is 36.6 Å². The monoisotopic (exact) mass is 406 g/mol. The second-order valence-corrected chi connectivity index (χ2v) is 5.94. The van der Waals surface area contributed by atoms with E-state index in [-0.39, 0.29) is 25.2 Å². The average Bonchev–Trinajstić information content (AvgIpc) is 2.73. The number of aliphatic hydroxyl groups is 1. The van der Waals surface area contributed by atoms with Gasteiger partial charge in [0.05, 0.1) is 27.4 Å². The van der Waals surface area contributed by atoms with Crippen molar-refractivity contribution < 1.29 is 38.4 Å². The Labute approximate surface area is 169 Å². The van der Waals surface area contributed by atoms with E-state index in [1.807, 2.05) is 0 Å².